The van der Waals surface area contributed by atoms with Crippen LogP contribution in [0, 0.1) is 0 Å². The van der Waals surface area contributed by atoms with E-state index in [9.17, 15) is 9.59 Å². The van der Waals surface area contributed by atoms with Gasteiger partial charge in [0.15, 0.2) is 11.6 Å². The van der Waals surface area contributed by atoms with Crippen molar-refractivity contribution in [2.75, 3.05) is 19.0 Å². The van der Waals surface area contributed by atoms with Crippen molar-refractivity contribution in [1.82, 2.24) is 0 Å². The monoisotopic (exact) mass is 327 g/mol. The molecule has 0 saturated carbocycles. The molecule has 0 amide bonds. The van der Waals surface area contributed by atoms with Crippen LogP contribution in [0.25, 0.3) is 16.8 Å². The maximum Gasteiger partial charge on any atom is 0.197 e. The Labute approximate surface area is 146 Å². The summed E-state index contributed by atoms with van der Waals surface area (Å²) >= 11 is 0. The second kappa shape index (κ2) is 5.71. The van der Waals surface area contributed by atoms with Crippen molar-refractivity contribution in [2.45, 2.75) is 0 Å². The second-order valence-electron chi connectivity index (χ2n) is 6.45. The molecule has 0 spiro atoms. The first kappa shape index (κ1) is 15.3. The fraction of sp³-hybridized carbons (Fsp3) is 0.0909. The summed E-state index contributed by atoms with van der Waals surface area (Å²) in [4.78, 5) is 27.5. The summed E-state index contributed by atoms with van der Waals surface area (Å²) in [6, 6.07) is 19.2. The molecule has 3 nitrogen and oxygen atoms in total. The zero-order valence-electron chi connectivity index (χ0n) is 14.1. The molecule has 3 aromatic rings. The van der Waals surface area contributed by atoms with Crippen LogP contribution in [0.4, 0.5) is 5.69 Å². The number of nitrogens with zero attached hydrogens (tertiary/aromatic N) is 1. The van der Waals surface area contributed by atoms with E-state index in [1.165, 1.54) is 0 Å². The predicted molar refractivity (Wildman–Crippen MR) is 101 cm³/mol. The van der Waals surface area contributed by atoms with E-state index in [2.05, 4.69) is 0 Å². The minimum Gasteiger partial charge on any atom is -0.378 e. The number of carbonyl (C=O) groups excluding carboxylic acids is 2. The van der Waals surface area contributed by atoms with E-state index in [4.69, 9.17) is 0 Å². The van der Waals surface area contributed by atoms with Crippen molar-refractivity contribution in [2.24, 2.45) is 0 Å². The van der Waals surface area contributed by atoms with Gasteiger partial charge in [-0.2, -0.15) is 0 Å². The molecular formula is C22H17NO2. The van der Waals surface area contributed by atoms with Crippen molar-refractivity contribution in [1.29, 1.82) is 0 Å². The van der Waals surface area contributed by atoms with Crippen LogP contribution in [-0.4, -0.2) is 25.7 Å². The van der Waals surface area contributed by atoms with Gasteiger partial charge in [0, 0.05) is 30.9 Å². The normalized spacial score (nSPS) is 13.3. The molecule has 0 fully saturated rings. The molecule has 0 bridgehead atoms. The quantitative estimate of drug-likeness (QED) is 0.518. The lowest BCUT2D eigenvalue weighted by atomic mass is 10.0. The Hall–Kier alpha value is -3.20. The van der Waals surface area contributed by atoms with Gasteiger partial charge in [0.2, 0.25) is 0 Å². The van der Waals surface area contributed by atoms with E-state index < -0.39 is 0 Å². The lowest BCUT2D eigenvalue weighted by Crippen LogP contribution is -2.08. The summed E-state index contributed by atoms with van der Waals surface area (Å²) < 4.78 is 0. The fourth-order valence-electron chi connectivity index (χ4n) is 3.18. The minimum absolute atomic E-state index is 0.192. The third-order valence-electron chi connectivity index (χ3n) is 4.58. The lowest BCUT2D eigenvalue weighted by molar-refractivity contribution is 0.0990. The predicted octanol–water partition coefficient (Wildman–Crippen LogP) is 4.37. The van der Waals surface area contributed by atoms with Gasteiger partial charge in [-0.3, -0.25) is 9.59 Å². The smallest absolute Gasteiger partial charge is 0.197 e. The summed E-state index contributed by atoms with van der Waals surface area (Å²) in [7, 11) is 3.94. The van der Waals surface area contributed by atoms with Crippen molar-refractivity contribution in [3.63, 3.8) is 0 Å². The third-order valence-corrected chi connectivity index (χ3v) is 4.58. The number of carbonyl (C=O) groups is 2. The molecular weight excluding hydrogens is 310 g/mol. The van der Waals surface area contributed by atoms with Gasteiger partial charge in [0.1, 0.15) is 0 Å². The number of ketones is 2. The minimum atomic E-state index is -0.192. The SMILES string of the molecule is CN(C)c1ccc(C=C2C(=O)c3cc4ccccc4cc3C2=O)cc1. The summed E-state index contributed by atoms with van der Waals surface area (Å²) in [5.74, 6) is -0.384. The average Bonchev–Trinajstić information content (AvgIpc) is 2.85. The standard InChI is InChI=1S/C22H17NO2/c1-23(2)17-9-7-14(8-10-17)11-20-21(24)18-12-15-5-3-4-6-16(15)13-19(18)22(20)25/h3-13H,1-2H3. The van der Waals surface area contributed by atoms with E-state index in [0.29, 0.717) is 11.1 Å². The van der Waals surface area contributed by atoms with Crippen molar-refractivity contribution >= 4 is 34.1 Å². The first-order valence-electron chi connectivity index (χ1n) is 8.16. The van der Waals surface area contributed by atoms with Crippen LogP contribution in [0.15, 0.2) is 66.2 Å². The highest BCUT2D eigenvalue weighted by atomic mass is 16.2. The Morgan fingerprint density at radius 1 is 0.760 bits per heavy atom. The van der Waals surface area contributed by atoms with E-state index in [1.54, 1.807) is 6.08 Å². The highest BCUT2D eigenvalue weighted by molar-refractivity contribution is 6.42. The van der Waals surface area contributed by atoms with E-state index >= 15 is 0 Å². The topological polar surface area (TPSA) is 37.4 Å². The van der Waals surface area contributed by atoms with Crippen LogP contribution in [-0.2, 0) is 0 Å². The van der Waals surface area contributed by atoms with Gasteiger partial charge in [0.25, 0.3) is 0 Å². The lowest BCUT2D eigenvalue weighted by Gasteiger charge is -2.11. The Balaban J connectivity index is 1.77. The van der Waals surface area contributed by atoms with Gasteiger partial charge in [0.05, 0.1) is 5.57 Å². The van der Waals surface area contributed by atoms with E-state index in [0.717, 1.165) is 22.0 Å². The van der Waals surface area contributed by atoms with Crippen LogP contribution in [0.5, 0.6) is 0 Å². The molecule has 3 heteroatoms. The number of benzene rings is 3. The molecule has 1 aliphatic carbocycles. The Bertz CT molecular complexity index is 987. The van der Waals surface area contributed by atoms with Gasteiger partial charge < -0.3 is 4.90 Å². The average molecular weight is 327 g/mol. The molecule has 0 aliphatic heterocycles. The molecule has 0 atom stereocenters. The van der Waals surface area contributed by atoms with Gasteiger partial charge in [-0.15, -0.1) is 0 Å². The fourth-order valence-corrected chi connectivity index (χ4v) is 3.18. The molecule has 122 valence electrons. The number of hydrogen-bond donors (Lipinski definition) is 0. The van der Waals surface area contributed by atoms with Gasteiger partial charge >= 0.3 is 0 Å². The van der Waals surface area contributed by atoms with Crippen LogP contribution in [0.3, 0.4) is 0 Å². The van der Waals surface area contributed by atoms with Crippen LogP contribution < -0.4 is 4.90 Å². The van der Waals surface area contributed by atoms with E-state index in [1.807, 2.05) is 79.7 Å². The summed E-state index contributed by atoms with van der Waals surface area (Å²) in [5.41, 5.74) is 3.16. The largest absolute Gasteiger partial charge is 0.378 e. The molecule has 3 aromatic carbocycles. The van der Waals surface area contributed by atoms with Crippen molar-refractivity contribution in [3.8, 4) is 0 Å². The first-order chi connectivity index (χ1) is 12.0. The molecule has 0 N–H and O–H groups in total. The van der Waals surface area contributed by atoms with Crippen LogP contribution in [0.2, 0.25) is 0 Å². The molecule has 1 aliphatic rings. The molecule has 0 aromatic heterocycles. The number of allylic oxidation sites excluding steroid dienone is 1. The van der Waals surface area contributed by atoms with Crippen LogP contribution in [0.1, 0.15) is 26.3 Å². The Morgan fingerprint density at radius 2 is 1.28 bits per heavy atom. The maximum atomic E-state index is 12.7. The molecule has 0 radical (unpaired) electrons. The number of fused-ring (bicyclic) bond motifs is 2. The highest BCUT2D eigenvalue weighted by Crippen LogP contribution is 2.31. The van der Waals surface area contributed by atoms with Gasteiger partial charge in [-0.25, -0.2) is 0 Å². The third kappa shape index (κ3) is 2.54. The van der Waals surface area contributed by atoms with E-state index in [-0.39, 0.29) is 17.1 Å². The Morgan fingerprint density at radius 3 is 1.76 bits per heavy atom. The molecule has 0 unspecified atom stereocenters. The molecule has 0 saturated heterocycles. The number of rotatable bonds is 2. The molecule has 0 heterocycles. The van der Waals surface area contributed by atoms with Gasteiger partial charge in [-0.1, -0.05) is 36.4 Å². The number of hydrogen-bond acceptors (Lipinski definition) is 3. The zero-order chi connectivity index (χ0) is 17.6. The summed E-state index contributed by atoms with van der Waals surface area (Å²) in [6.07, 6.45) is 1.69. The number of anilines is 1. The summed E-state index contributed by atoms with van der Waals surface area (Å²) in [5, 5.41) is 1.94. The van der Waals surface area contributed by atoms with Crippen molar-refractivity contribution in [3.05, 3.63) is 82.9 Å². The molecule has 25 heavy (non-hydrogen) atoms. The molecule has 4 rings (SSSR count). The highest BCUT2D eigenvalue weighted by Gasteiger charge is 2.33. The van der Waals surface area contributed by atoms with Crippen molar-refractivity contribution < 1.29 is 9.59 Å². The maximum absolute atomic E-state index is 12.7. The first-order valence-corrected chi connectivity index (χ1v) is 8.16. The second-order valence-corrected chi connectivity index (χ2v) is 6.45. The number of Topliss-reactive ketones (excluding diaryl/α,β-unsaturated/α-hetero) is 2. The zero-order valence-corrected chi connectivity index (χ0v) is 14.1. The Kier molecular flexibility index (Phi) is 3.50. The summed E-state index contributed by atoms with van der Waals surface area (Å²) in [6.45, 7) is 0. The van der Waals surface area contributed by atoms with Gasteiger partial charge in [-0.05, 0) is 46.7 Å². The van der Waals surface area contributed by atoms with Crippen LogP contribution >= 0.6 is 0 Å².